The van der Waals surface area contributed by atoms with Gasteiger partial charge in [0.1, 0.15) is 5.65 Å². The molecule has 3 heterocycles. The van der Waals surface area contributed by atoms with E-state index in [0.29, 0.717) is 25.1 Å². The predicted octanol–water partition coefficient (Wildman–Crippen LogP) is 3.58. The smallest absolute Gasteiger partial charge is 0.322 e. The quantitative estimate of drug-likeness (QED) is 0.763. The first-order valence-electron chi connectivity index (χ1n) is 8.50. The van der Waals surface area contributed by atoms with Crippen molar-refractivity contribution in [3.05, 3.63) is 65.1 Å². The molecule has 0 atom stereocenters. The summed E-state index contributed by atoms with van der Waals surface area (Å²) in [6.45, 7) is 2.71. The van der Waals surface area contributed by atoms with Crippen molar-refractivity contribution >= 4 is 17.4 Å². The molecule has 1 aromatic carbocycles. The van der Waals surface area contributed by atoms with Gasteiger partial charge in [-0.25, -0.2) is 18.6 Å². The minimum absolute atomic E-state index is 0.259. The van der Waals surface area contributed by atoms with Crippen LogP contribution in [0.25, 0.3) is 5.65 Å². The lowest BCUT2D eigenvalue weighted by Gasteiger charge is -2.29. The van der Waals surface area contributed by atoms with Crippen molar-refractivity contribution in [1.29, 1.82) is 0 Å². The zero-order valence-electron chi connectivity index (χ0n) is 14.3. The molecule has 0 aliphatic carbocycles. The van der Waals surface area contributed by atoms with Crippen LogP contribution in [-0.2, 0) is 13.0 Å². The van der Waals surface area contributed by atoms with E-state index in [9.17, 15) is 13.6 Å². The fourth-order valence-corrected chi connectivity index (χ4v) is 3.36. The van der Waals surface area contributed by atoms with Gasteiger partial charge in [-0.2, -0.15) is 0 Å². The lowest BCUT2D eigenvalue weighted by molar-refractivity contribution is 0.245. The fraction of sp³-hybridized carbons (Fsp3) is 0.263. The number of aromatic nitrogens is 2. The van der Waals surface area contributed by atoms with Gasteiger partial charge < -0.3 is 9.72 Å². The third-order valence-electron chi connectivity index (χ3n) is 4.68. The summed E-state index contributed by atoms with van der Waals surface area (Å²) in [5.41, 5.74) is 3.29. The number of hydrogen-bond donors (Lipinski definition) is 1. The first kappa shape index (κ1) is 16.5. The third-order valence-corrected chi connectivity index (χ3v) is 4.68. The largest absolute Gasteiger partial charge is 0.332 e. The van der Waals surface area contributed by atoms with Crippen LogP contribution in [0.5, 0.6) is 0 Å². The Morgan fingerprint density at radius 3 is 2.92 bits per heavy atom. The summed E-state index contributed by atoms with van der Waals surface area (Å²) >= 11 is 0. The zero-order valence-corrected chi connectivity index (χ0v) is 14.3. The number of aryl methyl sites for hydroxylation is 1. The molecule has 26 heavy (non-hydrogen) atoms. The number of benzene rings is 1. The molecule has 1 N–H and O–H groups in total. The van der Waals surface area contributed by atoms with Gasteiger partial charge in [-0.15, -0.1) is 0 Å². The van der Waals surface area contributed by atoms with E-state index in [1.165, 1.54) is 11.0 Å². The number of anilines is 1. The van der Waals surface area contributed by atoms with Crippen LogP contribution in [0.1, 0.15) is 23.4 Å². The molecule has 0 radical (unpaired) electrons. The molecule has 0 unspecified atom stereocenters. The average molecular weight is 356 g/mol. The normalized spacial score (nSPS) is 13.7. The molecule has 2 aromatic heterocycles. The molecule has 0 saturated carbocycles. The van der Waals surface area contributed by atoms with Crippen LogP contribution in [0.15, 0.2) is 36.5 Å². The van der Waals surface area contributed by atoms with E-state index in [0.717, 1.165) is 23.1 Å². The van der Waals surface area contributed by atoms with E-state index in [1.807, 2.05) is 35.7 Å². The minimum atomic E-state index is -0.883. The van der Waals surface area contributed by atoms with Crippen LogP contribution in [0, 0.1) is 18.6 Å². The highest BCUT2D eigenvalue weighted by atomic mass is 19.2. The number of urea groups is 1. The molecule has 0 saturated heterocycles. The van der Waals surface area contributed by atoms with Crippen molar-refractivity contribution < 1.29 is 13.6 Å². The maximum atomic E-state index is 14.0. The molecule has 4 rings (SSSR count). The van der Waals surface area contributed by atoms with Gasteiger partial charge in [0.05, 0.1) is 17.9 Å². The molecule has 0 fully saturated rings. The van der Waals surface area contributed by atoms with Crippen LogP contribution < -0.4 is 10.2 Å². The highest BCUT2D eigenvalue weighted by Gasteiger charge is 2.26. The Morgan fingerprint density at radius 1 is 1.27 bits per heavy atom. The summed E-state index contributed by atoms with van der Waals surface area (Å²) < 4.78 is 29.4. The second kappa shape index (κ2) is 6.40. The van der Waals surface area contributed by atoms with Crippen molar-refractivity contribution in [3.8, 4) is 0 Å². The van der Waals surface area contributed by atoms with E-state index in [1.54, 1.807) is 0 Å². The number of hydrogen-bond acceptors (Lipinski definition) is 2. The number of halogens is 2. The van der Waals surface area contributed by atoms with Crippen LogP contribution in [0.3, 0.4) is 0 Å². The van der Waals surface area contributed by atoms with Crippen molar-refractivity contribution in [1.82, 2.24) is 14.7 Å². The summed E-state index contributed by atoms with van der Waals surface area (Å²) in [4.78, 5) is 18.5. The highest BCUT2D eigenvalue weighted by molar-refractivity contribution is 5.93. The molecular formula is C19H18F2N4O. The molecule has 1 aliphatic rings. The Hall–Kier alpha value is -2.96. The van der Waals surface area contributed by atoms with Crippen molar-refractivity contribution in [3.63, 3.8) is 0 Å². The summed E-state index contributed by atoms with van der Waals surface area (Å²) in [5, 5.41) is 2.82. The highest BCUT2D eigenvalue weighted by Crippen LogP contribution is 2.30. The fourth-order valence-electron chi connectivity index (χ4n) is 3.36. The Labute approximate surface area is 149 Å². The van der Waals surface area contributed by atoms with E-state index >= 15 is 0 Å². The van der Waals surface area contributed by atoms with Gasteiger partial charge in [-0.05, 0) is 44.0 Å². The molecule has 134 valence electrons. The van der Waals surface area contributed by atoms with Crippen LogP contribution >= 0.6 is 0 Å². The minimum Gasteiger partial charge on any atom is -0.332 e. The molecule has 0 bridgehead atoms. The Morgan fingerprint density at radius 2 is 2.12 bits per heavy atom. The maximum Gasteiger partial charge on any atom is 0.322 e. The van der Waals surface area contributed by atoms with Crippen LogP contribution in [0.4, 0.5) is 19.3 Å². The second-order valence-electron chi connectivity index (χ2n) is 6.40. The van der Waals surface area contributed by atoms with Gasteiger partial charge in [0, 0.05) is 24.0 Å². The van der Waals surface area contributed by atoms with Crippen molar-refractivity contribution in [2.24, 2.45) is 0 Å². The van der Waals surface area contributed by atoms with E-state index < -0.39 is 11.6 Å². The molecule has 7 heteroatoms. The molecule has 0 spiro atoms. The van der Waals surface area contributed by atoms with E-state index in [4.69, 9.17) is 0 Å². The number of nitrogens with one attached hydrogen (secondary N) is 1. The van der Waals surface area contributed by atoms with Gasteiger partial charge in [-0.1, -0.05) is 6.07 Å². The lowest BCUT2D eigenvalue weighted by atomic mass is 10.0. The van der Waals surface area contributed by atoms with E-state index in [-0.39, 0.29) is 18.1 Å². The monoisotopic (exact) mass is 356 g/mol. The number of rotatable bonds is 2. The molecular weight excluding hydrogens is 338 g/mol. The number of nitrogens with zero attached hydrogens (tertiary/aromatic N) is 3. The van der Waals surface area contributed by atoms with Gasteiger partial charge in [-0.3, -0.25) is 4.90 Å². The number of amides is 2. The van der Waals surface area contributed by atoms with Crippen molar-refractivity contribution in [2.75, 3.05) is 11.4 Å². The molecule has 3 aromatic rings. The van der Waals surface area contributed by atoms with E-state index in [2.05, 4.69) is 10.3 Å². The van der Waals surface area contributed by atoms with Crippen LogP contribution in [-0.4, -0.2) is 22.0 Å². The zero-order chi connectivity index (χ0) is 18.3. The first-order valence-corrected chi connectivity index (χ1v) is 8.50. The number of imidazole rings is 1. The molecule has 1 aliphatic heterocycles. The Bertz CT molecular complexity index is 999. The van der Waals surface area contributed by atoms with Crippen molar-refractivity contribution in [2.45, 2.75) is 26.3 Å². The number of pyridine rings is 1. The summed E-state index contributed by atoms with van der Waals surface area (Å²) in [7, 11) is 0. The van der Waals surface area contributed by atoms with Gasteiger partial charge in [0.15, 0.2) is 11.6 Å². The summed E-state index contributed by atoms with van der Waals surface area (Å²) in [6, 6.07) is 7.99. The first-order chi connectivity index (χ1) is 12.5. The van der Waals surface area contributed by atoms with Gasteiger partial charge in [0.2, 0.25) is 0 Å². The third kappa shape index (κ3) is 2.79. The van der Waals surface area contributed by atoms with Crippen LogP contribution in [0.2, 0.25) is 0 Å². The SMILES string of the molecule is Cc1cccc2nc(CNC(=O)N3CCCc4c3ccc(F)c4F)cn12. The standard InChI is InChI=1S/C19H18F2N4O/c1-12-4-2-6-17-23-13(11-25(12)17)10-22-19(26)24-9-3-5-14-16(24)8-7-15(20)18(14)21/h2,4,6-8,11H,3,5,9-10H2,1H3,(H,22,26). The molecule has 2 amide bonds. The molecule has 5 nitrogen and oxygen atoms in total. The lowest BCUT2D eigenvalue weighted by Crippen LogP contribution is -2.42. The summed E-state index contributed by atoms with van der Waals surface area (Å²) in [6.07, 6.45) is 2.90. The van der Waals surface area contributed by atoms with Gasteiger partial charge >= 0.3 is 6.03 Å². The summed E-state index contributed by atoms with van der Waals surface area (Å²) in [5.74, 6) is -1.75. The predicted molar refractivity (Wildman–Crippen MR) is 94.2 cm³/mol. The van der Waals surface area contributed by atoms with Gasteiger partial charge in [0.25, 0.3) is 0 Å². The second-order valence-corrected chi connectivity index (χ2v) is 6.40. The Kier molecular flexibility index (Phi) is 4.06. The topological polar surface area (TPSA) is 49.6 Å². The maximum absolute atomic E-state index is 14.0. The number of fused-ring (bicyclic) bond motifs is 2. The number of carbonyl (C=O) groups is 1. The average Bonchev–Trinajstić information content (AvgIpc) is 3.07. The number of carbonyl (C=O) groups excluding carboxylic acids is 1. The Balaban J connectivity index is 1.52.